The number of quaternary nitrogens is 1. The molecule has 0 aliphatic rings. The Morgan fingerprint density at radius 1 is 0.625 bits per heavy atom. The minimum atomic E-state index is -4.39. The molecule has 10 nitrogen and oxygen atoms in total. The largest absolute Gasteiger partial charge is 0.472 e. The van der Waals surface area contributed by atoms with E-state index in [4.69, 9.17) is 18.5 Å². The van der Waals surface area contributed by atoms with Gasteiger partial charge in [0.1, 0.15) is 19.8 Å². The summed E-state index contributed by atoms with van der Waals surface area (Å²) in [6, 6.07) is 0. The van der Waals surface area contributed by atoms with Crippen LogP contribution in [0.2, 0.25) is 0 Å². The topological polar surface area (TPSA) is 129 Å². The van der Waals surface area contributed by atoms with Crippen molar-refractivity contribution < 1.29 is 47.2 Å². The fourth-order valence-electron chi connectivity index (χ4n) is 5.67. The van der Waals surface area contributed by atoms with Crippen molar-refractivity contribution in [3.63, 3.8) is 0 Å². The molecule has 0 aliphatic carbocycles. The molecule has 0 saturated heterocycles. The quantitative estimate of drug-likeness (QED) is 0.0205. The van der Waals surface area contributed by atoms with Gasteiger partial charge >= 0.3 is 19.8 Å². The molecule has 56 heavy (non-hydrogen) atoms. The number of carbonyl (C=O) groups is 2. The summed E-state index contributed by atoms with van der Waals surface area (Å²) in [5.41, 5.74) is 0. The van der Waals surface area contributed by atoms with Crippen LogP contribution in [0, 0.1) is 0 Å². The van der Waals surface area contributed by atoms with Gasteiger partial charge in [0.2, 0.25) is 0 Å². The zero-order chi connectivity index (χ0) is 41.6. The molecule has 0 aliphatic heterocycles. The molecule has 0 rings (SSSR count). The molecule has 326 valence electrons. The summed E-state index contributed by atoms with van der Waals surface area (Å²) in [4.78, 5) is 35.3. The molecule has 0 aromatic rings. The monoisotopic (exact) mass is 813 g/mol. The van der Waals surface area contributed by atoms with Crippen LogP contribution in [-0.4, -0.2) is 86.1 Å². The molecular formula is C45H83NO9P+. The Balaban J connectivity index is 4.48. The maximum atomic E-state index is 12.7. The molecule has 3 atom stereocenters. The van der Waals surface area contributed by atoms with Gasteiger partial charge in [-0.25, -0.2) is 4.57 Å². The Morgan fingerprint density at radius 3 is 1.68 bits per heavy atom. The van der Waals surface area contributed by atoms with Crippen molar-refractivity contribution >= 4 is 19.8 Å². The lowest BCUT2D eigenvalue weighted by Gasteiger charge is -2.24. The van der Waals surface area contributed by atoms with E-state index in [1.165, 1.54) is 64.2 Å². The number of allylic oxidation sites excluding steroid dienone is 7. The standard InChI is InChI=1S/C45H82NO9P/c1-6-8-10-11-12-13-14-15-16-21-24-27-30-33-37-45(49)55-43(41-54-56(50,51)53-39-38-46(3,4)5)40-52-44(48)36-32-29-26-23-20-18-17-19-22-25-28-31-35-42(47)34-9-7-2/h17-18,22-23,25-26,31,35,42-43,47H,6-16,19-21,24,27-30,32-34,36-41H2,1-5H3/p+1/b18-17-,25-22-,26-23-,35-31-/t42-,43+/m0/s1. The number of nitrogens with zero attached hydrogens (tertiary/aromatic N) is 1. The Labute approximate surface area is 342 Å². The third kappa shape index (κ3) is 40.1. The van der Waals surface area contributed by atoms with Gasteiger partial charge in [0.05, 0.1) is 33.9 Å². The molecule has 0 saturated carbocycles. The van der Waals surface area contributed by atoms with Gasteiger partial charge in [-0.3, -0.25) is 18.6 Å². The maximum Gasteiger partial charge on any atom is 0.472 e. The number of unbranched alkanes of at least 4 members (excludes halogenated alkanes) is 15. The third-order valence-corrected chi connectivity index (χ3v) is 10.2. The highest BCUT2D eigenvalue weighted by Crippen LogP contribution is 2.43. The lowest BCUT2D eigenvalue weighted by molar-refractivity contribution is -0.870. The Kier molecular flexibility index (Phi) is 35.8. The highest BCUT2D eigenvalue weighted by Gasteiger charge is 2.27. The molecule has 0 heterocycles. The van der Waals surface area contributed by atoms with Gasteiger partial charge in [-0.2, -0.15) is 0 Å². The van der Waals surface area contributed by atoms with Crippen LogP contribution in [0.1, 0.15) is 168 Å². The van der Waals surface area contributed by atoms with Crippen molar-refractivity contribution in [2.75, 3.05) is 47.5 Å². The van der Waals surface area contributed by atoms with Gasteiger partial charge in [-0.05, 0) is 44.9 Å². The average Bonchev–Trinajstić information content (AvgIpc) is 3.14. The molecule has 0 bridgehead atoms. The van der Waals surface area contributed by atoms with Gasteiger partial charge in [0.25, 0.3) is 0 Å². The molecular weight excluding hydrogens is 729 g/mol. The first-order valence-corrected chi connectivity index (χ1v) is 23.4. The minimum Gasteiger partial charge on any atom is -0.462 e. The van der Waals surface area contributed by atoms with E-state index in [0.717, 1.165) is 64.2 Å². The smallest absolute Gasteiger partial charge is 0.462 e. The number of hydrogen-bond donors (Lipinski definition) is 2. The minimum absolute atomic E-state index is 0.0162. The zero-order valence-electron chi connectivity index (χ0n) is 36.2. The van der Waals surface area contributed by atoms with E-state index >= 15 is 0 Å². The number of carbonyl (C=O) groups excluding carboxylic acids is 2. The number of aliphatic hydroxyl groups is 1. The van der Waals surface area contributed by atoms with Crippen molar-refractivity contribution in [3.05, 3.63) is 48.6 Å². The Bertz CT molecular complexity index is 1120. The van der Waals surface area contributed by atoms with Crippen LogP contribution in [0.25, 0.3) is 0 Å². The molecule has 1 unspecified atom stereocenters. The molecule has 0 spiro atoms. The van der Waals surface area contributed by atoms with Crippen molar-refractivity contribution in [1.29, 1.82) is 0 Å². The molecule has 11 heteroatoms. The van der Waals surface area contributed by atoms with Crippen LogP contribution < -0.4 is 0 Å². The lowest BCUT2D eigenvalue weighted by atomic mass is 10.0. The first kappa shape index (κ1) is 53.9. The van der Waals surface area contributed by atoms with E-state index in [0.29, 0.717) is 23.9 Å². The zero-order valence-corrected chi connectivity index (χ0v) is 37.1. The second-order valence-electron chi connectivity index (χ2n) is 15.9. The Hall–Kier alpha value is -2.07. The average molecular weight is 813 g/mol. The van der Waals surface area contributed by atoms with Crippen molar-refractivity contribution in [2.45, 2.75) is 180 Å². The van der Waals surface area contributed by atoms with Gasteiger partial charge in [-0.15, -0.1) is 0 Å². The van der Waals surface area contributed by atoms with Gasteiger partial charge in [-0.1, -0.05) is 159 Å². The number of hydrogen-bond acceptors (Lipinski definition) is 8. The fourth-order valence-corrected chi connectivity index (χ4v) is 6.41. The molecule has 0 aromatic carbocycles. The number of aliphatic hydroxyl groups excluding tert-OH is 1. The number of rotatable bonds is 39. The number of phosphoric acid groups is 1. The van der Waals surface area contributed by atoms with E-state index in [9.17, 15) is 24.2 Å². The summed E-state index contributed by atoms with van der Waals surface area (Å²) < 4.78 is 34.2. The summed E-state index contributed by atoms with van der Waals surface area (Å²) in [5.74, 6) is -0.886. The predicted octanol–water partition coefficient (Wildman–Crippen LogP) is 11.3. The van der Waals surface area contributed by atoms with E-state index in [1.54, 1.807) is 0 Å². The second-order valence-corrected chi connectivity index (χ2v) is 17.4. The van der Waals surface area contributed by atoms with Crippen LogP contribution >= 0.6 is 7.82 Å². The summed E-state index contributed by atoms with van der Waals surface area (Å²) in [6.07, 6.45) is 39.3. The Morgan fingerprint density at radius 2 is 1.12 bits per heavy atom. The van der Waals surface area contributed by atoms with Crippen LogP contribution in [0.15, 0.2) is 48.6 Å². The van der Waals surface area contributed by atoms with Crippen molar-refractivity contribution in [1.82, 2.24) is 0 Å². The van der Waals surface area contributed by atoms with Crippen LogP contribution in [-0.2, 0) is 32.7 Å². The van der Waals surface area contributed by atoms with E-state index < -0.39 is 32.5 Å². The predicted molar refractivity (Wildman–Crippen MR) is 230 cm³/mol. The molecule has 0 radical (unpaired) electrons. The lowest BCUT2D eigenvalue weighted by Crippen LogP contribution is -2.37. The highest BCUT2D eigenvalue weighted by atomic mass is 31.2. The second kappa shape index (κ2) is 37.2. The molecule has 0 aromatic heterocycles. The third-order valence-electron chi connectivity index (χ3n) is 9.18. The normalized spacial score (nSPS) is 14.6. The molecule has 2 N–H and O–H groups in total. The number of phosphoric ester groups is 1. The van der Waals surface area contributed by atoms with Gasteiger partial charge in [0.15, 0.2) is 6.10 Å². The summed E-state index contributed by atoms with van der Waals surface area (Å²) in [5, 5.41) is 9.82. The number of esters is 2. The van der Waals surface area contributed by atoms with Gasteiger partial charge < -0.3 is 24.0 Å². The van der Waals surface area contributed by atoms with E-state index in [1.807, 2.05) is 39.4 Å². The fraction of sp³-hybridized carbons (Fsp3) is 0.778. The first-order chi connectivity index (χ1) is 26.9. The van der Waals surface area contributed by atoms with Crippen molar-refractivity contribution in [2.24, 2.45) is 0 Å². The van der Waals surface area contributed by atoms with Crippen LogP contribution in [0.5, 0.6) is 0 Å². The van der Waals surface area contributed by atoms with Crippen LogP contribution in [0.4, 0.5) is 0 Å². The first-order valence-electron chi connectivity index (χ1n) is 22.0. The summed E-state index contributed by atoms with van der Waals surface area (Å²) in [6.45, 7) is 4.19. The van der Waals surface area contributed by atoms with E-state index in [-0.39, 0.29) is 32.2 Å². The van der Waals surface area contributed by atoms with Gasteiger partial charge in [0, 0.05) is 12.8 Å². The van der Waals surface area contributed by atoms with Crippen molar-refractivity contribution in [3.8, 4) is 0 Å². The molecule has 0 amide bonds. The number of likely N-dealkylation sites (N-methyl/N-ethyl adjacent to an activating group) is 1. The summed E-state index contributed by atoms with van der Waals surface area (Å²) in [7, 11) is 1.42. The van der Waals surface area contributed by atoms with Crippen LogP contribution in [0.3, 0.4) is 0 Å². The van der Waals surface area contributed by atoms with E-state index in [2.05, 4.69) is 44.2 Å². The maximum absolute atomic E-state index is 12.7. The highest BCUT2D eigenvalue weighted by molar-refractivity contribution is 7.47. The SMILES string of the molecule is CCCCCCCCCCCCCCCCC(=O)O[C@H](COC(=O)CCC/C=C\C/C=C\C/C=C\C/C=C\[C@@H](O)CCCC)COP(=O)(O)OCC[N+](C)(C)C. The summed E-state index contributed by atoms with van der Waals surface area (Å²) >= 11 is 0. The molecule has 0 fully saturated rings. The number of ether oxygens (including phenoxy) is 2.